The summed E-state index contributed by atoms with van der Waals surface area (Å²) in [6.07, 6.45) is 6.04. The van der Waals surface area contributed by atoms with E-state index in [4.69, 9.17) is 0 Å². The number of nitrogens with one attached hydrogen (secondary N) is 1. The van der Waals surface area contributed by atoms with Crippen LogP contribution < -0.4 is 5.32 Å². The van der Waals surface area contributed by atoms with Crippen LogP contribution in [0, 0.1) is 6.92 Å². The summed E-state index contributed by atoms with van der Waals surface area (Å²) in [5.41, 5.74) is 0.694. The smallest absolute Gasteiger partial charge is 0.183 e. The third-order valence-corrected chi connectivity index (χ3v) is 3.80. The van der Waals surface area contributed by atoms with Crippen LogP contribution >= 0.6 is 11.3 Å². The van der Waals surface area contributed by atoms with Crippen molar-refractivity contribution < 1.29 is 0 Å². The molecule has 0 aromatic carbocycles. The van der Waals surface area contributed by atoms with Crippen LogP contribution in [0.15, 0.2) is 24.7 Å². The molecule has 0 bridgehead atoms. The summed E-state index contributed by atoms with van der Waals surface area (Å²) in [4.78, 5) is 19.8. The maximum absolute atomic E-state index is 4.60. The lowest BCUT2D eigenvalue weighted by Gasteiger charge is -2.07. The molecule has 0 saturated heterocycles. The molecule has 102 valence electrons. The highest BCUT2D eigenvalue weighted by atomic mass is 32.1. The van der Waals surface area contributed by atoms with Crippen molar-refractivity contribution in [2.24, 2.45) is 0 Å². The fourth-order valence-electron chi connectivity index (χ4n) is 1.95. The molecule has 0 amide bonds. The Kier molecular flexibility index (Phi) is 3.56. The first-order valence-electron chi connectivity index (χ1n) is 6.56. The van der Waals surface area contributed by atoms with Crippen LogP contribution in [0.5, 0.6) is 0 Å². The van der Waals surface area contributed by atoms with Crippen LogP contribution in [0.25, 0.3) is 21.7 Å². The van der Waals surface area contributed by atoms with Crippen molar-refractivity contribution in [3.63, 3.8) is 0 Å². The highest BCUT2D eigenvalue weighted by Crippen LogP contribution is 2.30. The number of fused-ring (bicyclic) bond motifs is 1. The van der Waals surface area contributed by atoms with Gasteiger partial charge in [-0.1, -0.05) is 6.92 Å². The number of hydrogen-bond donors (Lipinski definition) is 1. The summed E-state index contributed by atoms with van der Waals surface area (Å²) in [6.45, 7) is 5.10. The van der Waals surface area contributed by atoms with Crippen molar-refractivity contribution in [3.05, 3.63) is 29.5 Å². The monoisotopic (exact) mass is 285 g/mol. The average molecular weight is 285 g/mol. The number of rotatable bonds is 4. The van der Waals surface area contributed by atoms with Gasteiger partial charge in [0.2, 0.25) is 0 Å². The Labute approximate surface area is 121 Å². The number of anilines is 1. The van der Waals surface area contributed by atoms with E-state index in [2.05, 4.69) is 45.2 Å². The normalized spacial score (nSPS) is 10.9. The highest BCUT2D eigenvalue weighted by molar-refractivity contribution is 7.18. The number of nitrogens with zero attached hydrogens (tertiary/aromatic N) is 4. The summed E-state index contributed by atoms with van der Waals surface area (Å²) in [5.74, 6) is 1.49. The Morgan fingerprint density at radius 3 is 2.90 bits per heavy atom. The molecule has 0 unspecified atom stereocenters. The number of thiophene rings is 1. The molecule has 0 fully saturated rings. The Balaban J connectivity index is 2.14. The molecule has 0 radical (unpaired) electrons. The van der Waals surface area contributed by atoms with Gasteiger partial charge < -0.3 is 5.32 Å². The predicted octanol–water partition coefficient (Wildman–Crippen LogP) is 3.28. The van der Waals surface area contributed by atoms with Crippen LogP contribution in [0.3, 0.4) is 0 Å². The maximum Gasteiger partial charge on any atom is 0.183 e. The van der Waals surface area contributed by atoms with E-state index in [9.17, 15) is 0 Å². The highest BCUT2D eigenvalue weighted by Gasteiger charge is 2.12. The fraction of sp³-hybridized carbons (Fsp3) is 0.286. The van der Waals surface area contributed by atoms with Crippen molar-refractivity contribution in [2.75, 3.05) is 11.9 Å². The van der Waals surface area contributed by atoms with Gasteiger partial charge in [0.05, 0.1) is 11.6 Å². The van der Waals surface area contributed by atoms with Gasteiger partial charge in [0.1, 0.15) is 16.3 Å². The van der Waals surface area contributed by atoms with E-state index in [1.54, 1.807) is 29.9 Å². The molecule has 6 heteroatoms. The molecule has 1 N–H and O–H groups in total. The number of aromatic nitrogens is 4. The van der Waals surface area contributed by atoms with Crippen molar-refractivity contribution >= 4 is 27.4 Å². The SMILES string of the molecule is CCCNc1nc(-c2cnccn2)nc2sc(C)cc12. The Morgan fingerprint density at radius 2 is 2.15 bits per heavy atom. The Hall–Kier alpha value is -2.08. The molecular formula is C14H15N5S. The van der Waals surface area contributed by atoms with E-state index in [0.717, 1.165) is 29.0 Å². The zero-order valence-electron chi connectivity index (χ0n) is 11.4. The Bertz CT molecular complexity index is 723. The lowest BCUT2D eigenvalue weighted by atomic mass is 10.3. The van der Waals surface area contributed by atoms with E-state index in [1.165, 1.54) is 4.88 Å². The molecule has 3 aromatic rings. The fourth-order valence-corrected chi connectivity index (χ4v) is 2.83. The van der Waals surface area contributed by atoms with Gasteiger partial charge in [-0.05, 0) is 19.4 Å². The van der Waals surface area contributed by atoms with E-state index in [1.807, 2.05) is 0 Å². The van der Waals surface area contributed by atoms with Gasteiger partial charge in [0.25, 0.3) is 0 Å². The summed E-state index contributed by atoms with van der Waals surface area (Å²) < 4.78 is 0. The van der Waals surface area contributed by atoms with Crippen molar-refractivity contribution in [3.8, 4) is 11.5 Å². The first-order valence-corrected chi connectivity index (χ1v) is 7.38. The molecule has 0 aliphatic heterocycles. The predicted molar refractivity (Wildman–Crippen MR) is 82.0 cm³/mol. The van der Waals surface area contributed by atoms with Gasteiger partial charge >= 0.3 is 0 Å². The molecular weight excluding hydrogens is 270 g/mol. The molecule has 3 rings (SSSR count). The van der Waals surface area contributed by atoms with Crippen molar-refractivity contribution in [1.82, 2.24) is 19.9 Å². The lowest BCUT2D eigenvalue weighted by molar-refractivity contribution is 0.970. The van der Waals surface area contributed by atoms with Crippen LogP contribution in [-0.4, -0.2) is 26.5 Å². The summed E-state index contributed by atoms with van der Waals surface area (Å²) in [7, 11) is 0. The molecule has 0 atom stereocenters. The minimum Gasteiger partial charge on any atom is -0.369 e. The van der Waals surface area contributed by atoms with Gasteiger partial charge in [-0.25, -0.2) is 15.0 Å². The maximum atomic E-state index is 4.60. The van der Waals surface area contributed by atoms with Gasteiger partial charge in [-0.3, -0.25) is 4.98 Å². The second-order valence-corrected chi connectivity index (χ2v) is 5.72. The van der Waals surface area contributed by atoms with Gasteiger partial charge in [-0.15, -0.1) is 11.3 Å². The van der Waals surface area contributed by atoms with E-state index >= 15 is 0 Å². The summed E-state index contributed by atoms with van der Waals surface area (Å²) >= 11 is 1.67. The zero-order chi connectivity index (χ0) is 13.9. The van der Waals surface area contributed by atoms with Crippen LogP contribution in [-0.2, 0) is 0 Å². The lowest BCUT2D eigenvalue weighted by Crippen LogP contribution is -2.04. The summed E-state index contributed by atoms with van der Waals surface area (Å²) in [5, 5.41) is 4.45. The molecule has 3 heterocycles. The average Bonchev–Trinajstić information content (AvgIpc) is 2.86. The topological polar surface area (TPSA) is 63.6 Å². The number of hydrogen-bond acceptors (Lipinski definition) is 6. The van der Waals surface area contributed by atoms with Crippen LogP contribution in [0.4, 0.5) is 5.82 Å². The molecule has 3 aromatic heterocycles. The van der Waals surface area contributed by atoms with Crippen molar-refractivity contribution in [2.45, 2.75) is 20.3 Å². The first kappa shape index (κ1) is 12.9. The first-order chi connectivity index (χ1) is 9.78. The number of aryl methyl sites for hydroxylation is 1. The molecule has 0 aliphatic carbocycles. The third kappa shape index (κ3) is 2.46. The second kappa shape index (κ2) is 5.50. The third-order valence-electron chi connectivity index (χ3n) is 2.85. The molecule has 5 nitrogen and oxygen atoms in total. The standard InChI is InChI=1S/C14H15N5S/c1-3-4-17-12-10-7-9(2)20-14(10)19-13(18-12)11-8-15-5-6-16-11/h5-8H,3-4H2,1-2H3,(H,17,18,19). The minimum absolute atomic E-state index is 0.617. The summed E-state index contributed by atoms with van der Waals surface area (Å²) in [6, 6.07) is 2.12. The minimum atomic E-state index is 0.617. The van der Waals surface area contributed by atoms with Gasteiger partial charge in [-0.2, -0.15) is 0 Å². The molecule has 20 heavy (non-hydrogen) atoms. The zero-order valence-corrected chi connectivity index (χ0v) is 12.2. The molecule has 0 aliphatic rings. The van der Waals surface area contributed by atoms with Crippen LogP contribution in [0.1, 0.15) is 18.2 Å². The largest absolute Gasteiger partial charge is 0.369 e. The van der Waals surface area contributed by atoms with Crippen molar-refractivity contribution in [1.29, 1.82) is 0 Å². The quantitative estimate of drug-likeness (QED) is 0.797. The molecule has 0 saturated carbocycles. The van der Waals surface area contributed by atoms with Crippen LogP contribution in [0.2, 0.25) is 0 Å². The van der Waals surface area contributed by atoms with E-state index < -0.39 is 0 Å². The van der Waals surface area contributed by atoms with E-state index in [-0.39, 0.29) is 0 Å². The van der Waals surface area contributed by atoms with Gasteiger partial charge in [0, 0.05) is 23.8 Å². The van der Waals surface area contributed by atoms with Gasteiger partial charge in [0.15, 0.2) is 5.82 Å². The van der Waals surface area contributed by atoms with E-state index in [0.29, 0.717) is 11.5 Å². The Morgan fingerprint density at radius 1 is 1.25 bits per heavy atom. The second-order valence-electron chi connectivity index (χ2n) is 4.49. The molecule has 0 spiro atoms.